The molecule has 0 N–H and O–H groups in total. The van der Waals surface area contributed by atoms with Crippen LogP contribution in [-0.2, 0) is 0 Å². The number of nitrogens with zero attached hydrogens (tertiary/aromatic N) is 2. The molecule has 2 nitrogen and oxygen atoms in total. The van der Waals surface area contributed by atoms with Gasteiger partial charge in [-0.05, 0) is 37.6 Å². The van der Waals surface area contributed by atoms with Gasteiger partial charge in [-0.2, -0.15) is 0 Å². The van der Waals surface area contributed by atoms with Crippen molar-refractivity contribution in [3.63, 3.8) is 0 Å². The van der Waals surface area contributed by atoms with Crippen LogP contribution < -0.4 is 0 Å². The van der Waals surface area contributed by atoms with Crippen molar-refractivity contribution in [2.24, 2.45) is 11.8 Å². The molecule has 0 aromatic heterocycles. The number of hydrogen-bond donors (Lipinski definition) is 0. The maximum atomic E-state index is 2.72. The van der Waals surface area contributed by atoms with E-state index in [9.17, 15) is 0 Å². The summed E-state index contributed by atoms with van der Waals surface area (Å²) in [6.07, 6.45) is 7.22. The molecule has 0 aromatic carbocycles. The molecule has 2 aliphatic rings. The van der Waals surface area contributed by atoms with Crippen LogP contribution in [0.4, 0.5) is 0 Å². The van der Waals surface area contributed by atoms with E-state index in [0.717, 1.165) is 11.8 Å². The van der Waals surface area contributed by atoms with E-state index in [0.29, 0.717) is 0 Å². The van der Waals surface area contributed by atoms with Crippen LogP contribution in [0.15, 0.2) is 0 Å². The average molecular weight is 238 g/mol. The van der Waals surface area contributed by atoms with Gasteiger partial charge in [0.1, 0.15) is 0 Å². The molecule has 100 valence electrons. The molecular weight excluding hydrogens is 208 g/mol. The van der Waals surface area contributed by atoms with E-state index in [-0.39, 0.29) is 0 Å². The zero-order chi connectivity index (χ0) is 12.1. The Kier molecular flexibility index (Phi) is 5.30. The first kappa shape index (κ1) is 13.4. The van der Waals surface area contributed by atoms with Gasteiger partial charge in [0, 0.05) is 32.7 Å². The lowest BCUT2D eigenvalue weighted by atomic mass is 9.83. The molecule has 0 spiro atoms. The van der Waals surface area contributed by atoms with Crippen molar-refractivity contribution >= 4 is 0 Å². The van der Waals surface area contributed by atoms with Gasteiger partial charge in [0.2, 0.25) is 0 Å². The Hall–Kier alpha value is -0.0800. The second-order valence-electron chi connectivity index (χ2n) is 6.27. The quantitative estimate of drug-likeness (QED) is 0.743. The predicted molar refractivity (Wildman–Crippen MR) is 74.3 cm³/mol. The fourth-order valence-corrected chi connectivity index (χ4v) is 3.39. The topological polar surface area (TPSA) is 6.48 Å². The summed E-state index contributed by atoms with van der Waals surface area (Å²) in [6.45, 7) is 12.6. The summed E-state index contributed by atoms with van der Waals surface area (Å²) in [5.74, 6) is 2.00. The fourth-order valence-electron chi connectivity index (χ4n) is 3.39. The van der Waals surface area contributed by atoms with Gasteiger partial charge in [-0.15, -0.1) is 0 Å². The number of hydrogen-bond acceptors (Lipinski definition) is 2. The summed E-state index contributed by atoms with van der Waals surface area (Å²) in [7, 11) is 0. The summed E-state index contributed by atoms with van der Waals surface area (Å²) >= 11 is 0. The van der Waals surface area contributed by atoms with Crippen molar-refractivity contribution in [3.8, 4) is 0 Å². The monoisotopic (exact) mass is 238 g/mol. The normalized spacial score (nSPS) is 32.8. The van der Waals surface area contributed by atoms with Crippen LogP contribution in [0, 0.1) is 11.8 Å². The van der Waals surface area contributed by atoms with Crippen molar-refractivity contribution in [2.45, 2.75) is 46.0 Å². The highest BCUT2D eigenvalue weighted by molar-refractivity contribution is 4.77. The zero-order valence-electron chi connectivity index (χ0n) is 11.8. The zero-order valence-corrected chi connectivity index (χ0v) is 11.8. The van der Waals surface area contributed by atoms with Crippen molar-refractivity contribution < 1.29 is 0 Å². The van der Waals surface area contributed by atoms with E-state index >= 15 is 0 Å². The van der Waals surface area contributed by atoms with E-state index < -0.39 is 0 Å². The van der Waals surface area contributed by atoms with Gasteiger partial charge in [0.05, 0.1) is 0 Å². The summed E-state index contributed by atoms with van der Waals surface area (Å²) in [6, 6.07) is 0. The molecular formula is C15H30N2. The molecule has 1 aliphatic heterocycles. The Morgan fingerprint density at radius 2 is 1.47 bits per heavy atom. The summed E-state index contributed by atoms with van der Waals surface area (Å²) in [5.41, 5.74) is 0. The molecule has 0 radical (unpaired) electrons. The highest BCUT2D eigenvalue weighted by Gasteiger charge is 2.22. The van der Waals surface area contributed by atoms with Crippen LogP contribution >= 0.6 is 0 Å². The lowest BCUT2D eigenvalue weighted by molar-refractivity contribution is 0.106. The van der Waals surface area contributed by atoms with Gasteiger partial charge >= 0.3 is 0 Å². The van der Waals surface area contributed by atoms with Crippen LogP contribution in [0.3, 0.4) is 0 Å². The smallest absolute Gasteiger partial charge is 0.0110 e. The third kappa shape index (κ3) is 4.26. The van der Waals surface area contributed by atoms with Gasteiger partial charge in [0.15, 0.2) is 0 Å². The SMILES string of the molecule is CCCN1CCN(CC2CCC(C)CC2)CC1. The molecule has 1 saturated heterocycles. The average Bonchev–Trinajstić information content (AvgIpc) is 2.35. The van der Waals surface area contributed by atoms with E-state index in [2.05, 4.69) is 23.6 Å². The van der Waals surface area contributed by atoms with Gasteiger partial charge in [-0.3, -0.25) is 0 Å². The minimum Gasteiger partial charge on any atom is -0.301 e. The van der Waals surface area contributed by atoms with Gasteiger partial charge < -0.3 is 9.80 Å². The van der Waals surface area contributed by atoms with E-state index in [1.807, 2.05) is 0 Å². The maximum absolute atomic E-state index is 2.72. The Bertz CT molecular complexity index is 201. The van der Waals surface area contributed by atoms with Crippen molar-refractivity contribution in [3.05, 3.63) is 0 Å². The largest absolute Gasteiger partial charge is 0.301 e. The Morgan fingerprint density at radius 1 is 0.882 bits per heavy atom. The Labute approximate surface area is 107 Å². The molecule has 0 atom stereocenters. The highest BCUT2D eigenvalue weighted by atomic mass is 15.3. The molecule has 0 aromatic rings. The summed E-state index contributed by atoms with van der Waals surface area (Å²) < 4.78 is 0. The summed E-state index contributed by atoms with van der Waals surface area (Å²) in [5, 5.41) is 0. The minimum absolute atomic E-state index is 0.993. The number of piperazine rings is 1. The van der Waals surface area contributed by atoms with Crippen LogP contribution in [0.1, 0.15) is 46.0 Å². The van der Waals surface area contributed by atoms with Crippen LogP contribution in [0.2, 0.25) is 0 Å². The van der Waals surface area contributed by atoms with Crippen molar-refractivity contribution in [2.75, 3.05) is 39.3 Å². The van der Waals surface area contributed by atoms with Crippen LogP contribution in [-0.4, -0.2) is 49.1 Å². The van der Waals surface area contributed by atoms with E-state index in [1.54, 1.807) is 0 Å². The molecule has 1 saturated carbocycles. The highest BCUT2D eigenvalue weighted by Crippen LogP contribution is 2.28. The lowest BCUT2D eigenvalue weighted by Gasteiger charge is -2.37. The molecule has 1 aliphatic carbocycles. The second kappa shape index (κ2) is 6.75. The first-order valence-electron chi connectivity index (χ1n) is 7.72. The summed E-state index contributed by atoms with van der Waals surface area (Å²) in [4.78, 5) is 5.34. The van der Waals surface area contributed by atoms with E-state index in [4.69, 9.17) is 0 Å². The molecule has 17 heavy (non-hydrogen) atoms. The fraction of sp³-hybridized carbons (Fsp3) is 1.00. The first-order valence-corrected chi connectivity index (χ1v) is 7.72. The third-order valence-electron chi connectivity index (χ3n) is 4.66. The van der Waals surface area contributed by atoms with Crippen LogP contribution in [0.25, 0.3) is 0 Å². The lowest BCUT2D eigenvalue weighted by Crippen LogP contribution is -2.48. The van der Waals surface area contributed by atoms with Crippen LogP contribution in [0.5, 0.6) is 0 Å². The molecule has 0 unspecified atom stereocenters. The Morgan fingerprint density at radius 3 is 2.06 bits per heavy atom. The van der Waals surface area contributed by atoms with E-state index in [1.165, 1.54) is 71.4 Å². The van der Waals surface area contributed by atoms with Crippen molar-refractivity contribution in [1.29, 1.82) is 0 Å². The second-order valence-corrected chi connectivity index (χ2v) is 6.27. The van der Waals surface area contributed by atoms with Crippen molar-refractivity contribution in [1.82, 2.24) is 9.80 Å². The molecule has 1 heterocycles. The van der Waals surface area contributed by atoms with Gasteiger partial charge in [-0.1, -0.05) is 26.7 Å². The predicted octanol–water partition coefficient (Wildman–Crippen LogP) is 2.84. The third-order valence-corrected chi connectivity index (χ3v) is 4.66. The molecule has 2 heteroatoms. The van der Waals surface area contributed by atoms with Gasteiger partial charge in [-0.25, -0.2) is 0 Å². The standard InChI is InChI=1S/C15H30N2/c1-3-8-16-9-11-17(12-10-16)13-15-6-4-14(2)5-7-15/h14-15H,3-13H2,1-2H3. The molecule has 0 bridgehead atoms. The Balaban J connectivity index is 1.64. The molecule has 2 fully saturated rings. The first-order chi connectivity index (χ1) is 8.28. The molecule has 0 amide bonds. The minimum atomic E-state index is 0.993. The van der Waals surface area contributed by atoms with Gasteiger partial charge in [0.25, 0.3) is 0 Å². The number of rotatable bonds is 4. The molecule has 2 rings (SSSR count). The maximum Gasteiger partial charge on any atom is 0.0110 e.